The number of anilines is 1. The summed E-state index contributed by atoms with van der Waals surface area (Å²) < 4.78 is 22.1. The molecule has 3 heterocycles. The largest absolute Gasteiger partial charge is 0.389 e. The van der Waals surface area contributed by atoms with Crippen molar-refractivity contribution in [1.82, 2.24) is 14.5 Å². The van der Waals surface area contributed by atoms with Crippen LogP contribution in [0.3, 0.4) is 0 Å². The van der Waals surface area contributed by atoms with Crippen molar-refractivity contribution in [2.75, 3.05) is 18.5 Å². The third kappa shape index (κ3) is 3.98. The molecule has 4 rings (SSSR count). The lowest BCUT2D eigenvalue weighted by atomic mass is 10.0. The number of aliphatic hydroxyl groups is 1. The molecule has 1 aliphatic heterocycles. The molecule has 0 radical (unpaired) electrons. The number of halogens is 2. The molecule has 3 aromatic rings. The highest BCUT2D eigenvalue weighted by Crippen LogP contribution is 2.32. The highest BCUT2D eigenvalue weighted by atomic mass is 35.5. The second-order valence-electron chi connectivity index (χ2n) is 8.43. The molecule has 0 amide bonds. The maximum Gasteiger partial charge on any atom is 0.223 e. The number of fused-ring (bicyclic) bond motifs is 1. The summed E-state index contributed by atoms with van der Waals surface area (Å²) in [6, 6.07) is 3.07. The first-order valence-electron chi connectivity index (χ1n) is 10.6. The highest BCUT2D eigenvalue weighted by Gasteiger charge is 2.25. The number of benzene rings is 1. The molecular formula is C23H26ClFN4O3. The monoisotopic (exact) mass is 460 g/mol. The molecule has 170 valence electrons. The summed E-state index contributed by atoms with van der Waals surface area (Å²) in [6.45, 7) is 8.44. The van der Waals surface area contributed by atoms with E-state index in [1.54, 1.807) is 19.1 Å². The van der Waals surface area contributed by atoms with E-state index in [1.807, 2.05) is 25.3 Å². The third-order valence-corrected chi connectivity index (χ3v) is 6.27. The fourth-order valence-electron chi connectivity index (χ4n) is 4.22. The van der Waals surface area contributed by atoms with Crippen LogP contribution in [-0.4, -0.2) is 45.0 Å². The Hall–Kier alpha value is -2.55. The van der Waals surface area contributed by atoms with Crippen molar-refractivity contribution in [2.45, 2.75) is 52.3 Å². The first-order valence-corrected chi connectivity index (χ1v) is 11.0. The molecule has 1 aliphatic rings. The zero-order valence-electron chi connectivity index (χ0n) is 18.4. The maximum atomic E-state index is 14.8. The van der Waals surface area contributed by atoms with Crippen molar-refractivity contribution in [3.05, 3.63) is 50.7 Å². The Labute approximate surface area is 190 Å². The van der Waals surface area contributed by atoms with E-state index in [1.165, 1.54) is 0 Å². The summed E-state index contributed by atoms with van der Waals surface area (Å²) >= 11 is 6.54. The molecule has 2 N–H and O–H groups in total. The molecule has 2 atom stereocenters. The summed E-state index contributed by atoms with van der Waals surface area (Å²) in [4.78, 5) is 21.3. The zero-order chi connectivity index (χ0) is 23.2. The minimum Gasteiger partial charge on any atom is -0.389 e. The average Bonchev–Trinajstić information content (AvgIpc) is 2.74. The molecular weight excluding hydrogens is 435 g/mol. The number of aromatic nitrogens is 3. The van der Waals surface area contributed by atoms with Gasteiger partial charge in [-0.1, -0.05) is 11.6 Å². The molecule has 7 nitrogen and oxygen atoms in total. The van der Waals surface area contributed by atoms with Crippen LogP contribution < -0.4 is 10.7 Å². The minimum absolute atomic E-state index is 0.0607. The van der Waals surface area contributed by atoms with Gasteiger partial charge in [-0.15, -0.1) is 0 Å². The lowest BCUT2D eigenvalue weighted by Gasteiger charge is -2.28. The van der Waals surface area contributed by atoms with E-state index in [4.69, 9.17) is 16.3 Å². The number of ether oxygens (including phenoxy) is 1. The summed E-state index contributed by atoms with van der Waals surface area (Å²) in [7, 11) is 0. The number of aliphatic hydroxyl groups excluding tert-OH is 1. The van der Waals surface area contributed by atoms with E-state index < -0.39 is 11.9 Å². The van der Waals surface area contributed by atoms with Crippen LogP contribution in [0.2, 0.25) is 5.02 Å². The number of pyridine rings is 1. The van der Waals surface area contributed by atoms with Crippen molar-refractivity contribution >= 4 is 28.5 Å². The number of nitrogens with one attached hydrogen (secondary N) is 1. The van der Waals surface area contributed by atoms with Gasteiger partial charge in [0.15, 0.2) is 11.2 Å². The van der Waals surface area contributed by atoms with Crippen LogP contribution in [0.25, 0.3) is 22.2 Å². The quantitative estimate of drug-likeness (QED) is 0.611. The summed E-state index contributed by atoms with van der Waals surface area (Å²) in [5.41, 5.74) is 2.47. The second-order valence-corrected chi connectivity index (χ2v) is 8.83. The van der Waals surface area contributed by atoms with Crippen LogP contribution in [0.5, 0.6) is 0 Å². The molecule has 2 aromatic heterocycles. The molecule has 1 fully saturated rings. The Balaban J connectivity index is 1.86. The van der Waals surface area contributed by atoms with Crippen LogP contribution in [0.4, 0.5) is 10.3 Å². The Morgan fingerprint density at radius 3 is 2.78 bits per heavy atom. The van der Waals surface area contributed by atoms with Crippen LogP contribution in [0, 0.1) is 19.7 Å². The van der Waals surface area contributed by atoms with Gasteiger partial charge in [-0.05, 0) is 46.2 Å². The summed E-state index contributed by atoms with van der Waals surface area (Å²) in [5, 5.41) is 13.8. The SMILES string of the molecule is Cc1c(C)n(C(C)C)c2cc(-c3nc(N[C@@H]4CCOC[C@H]4O)ncc3F)cc(Cl)c2c1=O. The number of hydrogen-bond donors (Lipinski definition) is 2. The van der Waals surface area contributed by atoms with Gasteiger partial charge in [0.1, 0.15) is 5.69 Å². The van der Waals surface area contributed by atoms with Crippen molar-refractivity contribution in [2.24, 2.45) is 0 Å². The fourth-order valence-corrected chi connectivity index (χ4v) is 4.52. The highest BCUT2D eigenvalue weighted by molar-refractivity contribution is 6.35. The van der Waals surface area contributed by atoms with Crippen LogP contribution in [0.1, 0.15) is 37.6 Å². The Morgan fingerprint density at radius 1 is 1.34 bits per heavy atom. The van der Waals surface area contributed by atoms with Gasteiger partial charge in [-0.2, -0.15) is 0 Å². The molecule has 9 heteroatoms. The second kappa shape index (κ2) is 8.77. The molecule has 1 saturated heterocycles. The van der Waals surface area contributed by atoms with E-state index in [0.29, 0.717) is 35.1 Å². The average molecular weight is 461 g/mol. The van der Waals surface area contributed by atoms with Crippen LogP contribution >= 0.6 is 11.6 Å². The molecule has 32 heavy (non-hydrogen) atoms. The first-order chi connectivity index (χ1) is 15.2. The topological polar surface area (TPSA) is 89.3 Å². The zero-order valence-corrected chi connectivity index (χ0v) is 19.2. The lowest BCUT2D eigenvalue weighted by Crippen LogP contribution is -2.42. The predicted octanol–water partition coefficient (Wildman–Crippen LogP) is 4.01. The van der Waals surface area contributed by atoms with Gasteiger partial charge >= 0.3 is 0 Å². The Kier molecular flexibility index (Phi) is 6.20. The van der Waals surface area contributed by atoms with Crippen LogP contribution in [0.15, 0.2) is 23.1 Å². The van der Waals surface area contributed by atoms with Crippen LogP contribution in [-0.2, 0) is 4.74 Å². The van der Waals surface area contributed by atoms with E-state index in [2.05, 4.69) is 15.3 Å². The lowest BCUT2D eigenvalue weighted by molar-refractivity contribution is -0.0136. The molecule has 0 aliphatic carbocycles. The van der Waals surface area contributed by atoms with Crippen molar-refractivity contribution < 1.29 is 14.2 Å². The predicted molar refractivity (Wildman–Crippen MR) is 123 cm³/mol. The van der Waals surface area contributed by atoms with E-state index in [0.717, 1.165) is 11.9 Å². The van der Waals surface area contributed by atoms with Gasteiger partial charge in [0, 0.05) is 29.5 Å². The van der Waals surface area contributed by atoms with Gasteiger partial charge in [-0.3, -0.25) is 4.79 Å². The van der Waals surface area contributed by atoms with Gasteiger partial charge in [0.25, 0.3) is 0 Å². The maximum absolute atomic E-state index is 14.8. The van der Waals surface area contributed by atoms with Crippen molar-refractivity contribution in [3.63, 3.8) is 0 Å². The molecule has 0 unspecified atom stereocenters. The number of hydrogen-bond acceptors (Lipinski definition) is 6. The van der Waals surface area contributed by atoms with Gasteiger partial charge in [0.05, 0.1) is 40.9 Å². The fraction of sp³-hybridized carbons (Fsp3) is 0.435. The Morgan fingerprint density at radius 2 is 2.09 bits per heavy atom. The van der Waals surface area contributed by atoms with E-state index >= 15 is 0 Å². The van der Waals surface area contributed by atoms with E-state index in [9.17, 15) is 14.3 Å². The molecule has 0 spiro atoms. The first kappa shape index (κ1) is 22.6. The molecule has 0 bridgehead atoms. The minimum atomic E-state index is -0.706. The molecule has 0 saturated carbocycles. The van der Waals surface area contributed by atoms with Crippen molar-refractivity contribution in [3.8, 4) is 11.3 Å². The standard InChI is InChI=1S/C23H26ClFN4O3/c1-11(2)29-13(4)12(3)22(31)20-15(24)7-14(8-18(20)29)21-16(25)9-26-23(28-21)27-17-5-6-32-10-19(17)30/h7-9,11,17,19,30H,5-6,10H2,1-4H3,(H,26,27,28)/t17-,19-/m1/s1. The van der Waals surface area contributed by atoms with Crippen molar-refractivity contribution in [1.29, 1.82) is 0 Å². The number of nitrogens with zero attached hydrogens (tertiary/aromatic N) is 3. The number of rotatable bonds is 4. The summed E-state index contributed by atoms with van der Waals surface area (Å²) in [6.07, 6.45) is 0.963. The van der Waals surface area contributed by atoms with E-state index in [-0.39, 0.29) is 40.8 Å². The van der Waals surface area contributed by atoms with Gasteiger partial charge < -0.3 is 19.7 Å². The van der Waals surface area contributed by atoms with Gasteiger partial charge in [-0.25, -0.2) is 14.4 Å². The molecule has 1 aromatic carbocycles. The normalized spacial score (nSPS) is 19.0. The Bertz CT molecular complexity index is 1240. The van der Waals surface area contributed by atoms with Gasteiger partial charge in [0.2, 0.25) is 5.95 Å². The smallest absolute Gasteiger partial charge is 0.223 e. The summed E-state index contributed by atoms with van der Waals surface area (Å²) in [5.74, 6) is -0.411. The third-order valence-electron chi connectivity index (χ3n) is 5.98.